The molecular formula is C23H26N2O4. The van der Waals surface area contributed by atoms with Crippen LogP contribution >= 0.6 is 0 Å². The number of hydrogen-bond acceptors (Lipinski definition) is 5. The van der Waals surface area contributed by atoms with Gasteiger partial charge in [0, 0.05) is 24.7 Å². The monoisotopic (exact) mass is 394 g/mol. The van der Waals surface area contributed by atoms with Gasteiger partial charge in [-0.2, -0.15) is 0 Å². The second kappa shape index (κ2) is 8.82. The third-order valence-corrected chi connectivity index (χ3v) is 4.84. The number of nitrogens with zero attached hydrogens (tertiary/aromatic N) is 2. The Hall–Kier alpha value is -3.28. The number of methoxy groups -OCH3 is 1. The number of aromatic nitrogens is 1. The summed E-state index contributed by atoms with van der Waals surface area (Å²) in [4.78, 5) is 14.6. The van der Waals surface area contributed by atoms with Crippen LogP contribution in [0.5, 0.6) is 11.5 Å². The van der Waals surface area contributed by atoms with E-state index in [0.29, 0.717) is 24.5 Å². The number of hydrogen-bond donors (Lipinski definition) is 0. The average Bonchev–Trinajstić information content (AvgIpc) is 3.03. The highest BCUT2D eigenvalue weighted by Gasteiger charge is 2.16. The van der Waals surface area contributed by atoms with E-state index in [4.69, 9.17) is 14.0 Å². The van der Waals surface area contributed by atoms with Crippen LogP contribution in [0, 0.1) is 20.8 Å². The molecule has 0 aliphatic carbocycles. The smallest absolute Gasteiger partial charge is 0.254 e. The first-order valence-corrected chi connectivity index (χ1v) is 9.42. The normalized spacial score (nSPS) is 10.7. The molecule has 29 heavy (non-hydrogen) atoms. The van der Waals surface area contributed by atoms with Gasteiger partial charge in [-0.1, -0.05) is 28.9 Å². The molecule has 6 heteroatoms. The number of ether oxygens (including phenoxy) is 2. The van der Waals surface area contributed by atoms with E-state index in [1.165, 1.54) is 0 Å². The number of amides is 1. The summed E-state index contributed by atoms with van der Waals surface area (Å²) in [5, 5.41) is 3.93. The minimum Gasteiger partial charge on any atom is -0.496 e. The quantitative estimate of drug-likeness (QED) is 0.592. The van der Waals surface area contributed by atoms with Gasteiger partial charge in [-0.25, -0.2) is 0 Å². The Kier molecular flexibility index (Phi) is 6.22. The van der Waals surface area contributed by atoms with Crippen LogP contribution in [0.15, 0.2) is 47.0 Å². The molecule has 0 spiro atoms. The van der Waals surface area contributed by atoms with Crippen LogP contribution in [-0.4, -0.2) is 30.1 Å². The number of aryl methyl sites for hydroxylation is 3. The molecule has 0 saturated heterocycles. The van der Waals surface area contributed by atoms with Crippen molar-refractivity contribution in [2.75, 3.05) is 14.2 Å². The van der Waals surface area contributed by atoms with Crippen molar-refractivity contribution in [3.63, 3.8) is 0 Å². The van der Waals surface area contributed by atoms with E-state index >= 15 is 0 Å². The minimum absolute atomic E-state index is 0.0867. The summed E-state index contributed by atoms with van der Waals surface area (Å²) < 4.78 is 16.4. The summed E-state index contributed by atoms with van der Waals surface area (Å²) >= 11 is 0. The Morgan fingerprint density at radius 1 is 1.14 bits per heavy atom. The van der Waals surface area contributed by atoms with Gasteiger partial charge in [0.2, 0.25) is 0 Å². The van der Waals surface area contributed by atoms with Crippen molar-refractivity contribution in [3.05, 3.63) is 76.2 Å². The summed E-state index contributed by atoms with van der Waals surface area (Å²) in [7, 11) is 3.41. The summed E-state index contributed by atoms with van der Waals surface area (Å²) in [6.45, 7) is 6.55. The second-order valence-corrected chi connectivity index (χ2v) is 7.10. The molecule has 152 valence electrons. The van der Waals surface area contributed by atoms with Gasteiger partial charge < -0.3 is 18.9 Å². The molecule has 1 heterocycles. The number of carbonyl (C=O) groups is 1. The van der Waals surface area contributed by atoms with E-state index in [9.17, 15) is 4.79 Å². The van der Waals surface area contributed by atoms with Crippen molar-refractivity contribution >= 4 is 5.91 Å². The molecule has 6 nitrogen and oxygen atoms in total. The lowest BCUT2D eigenvalue weighted by molar-refractivity contribution is 0.0783. The van der Waals surface area contributed by atoms with Crippen LogP contribution in [0.3, 0.4) is 0 Å². The van der Waals surface area contributed by atoms with Crippen molar-refractivity contribution in [3.8, 4) is 11.5 Å². The lowest BCUT2D eigenvalue weighted by Crippen LogP contribution is -2.26. The summed E-state index contributed by atoms with van der Waals surface area (Å²) in [5.41, 5.74) is 4.38. The largest absolute Gasteiger partial charge is 0.496 e. The van der Waals surface area contributed by atoms with E-state index in [0.717, 1.165) is 33.9 Å². The number of carbonyl (C=O) groups excluding carboxylic acids is 1. The zero-order valence-corrected chi connectivity index (χ0v) is 17.5. The van der Waals surface area contributed by atoms with E-state index in [-0.39, 0.29) is 5.91 Å². The first-order chi connectivity index (χ1) is 13.9. The van der Waals surface area contributed by atoms with Crippen molar-refractivity contribution in [2.45, 2.75) is 33.9 Å². The van der Waals surface area contributed by atoms with Crippen LogP contribution in [0.25, 0.3) is 0 Å². The molecule has 2 aromatic carbocycles. The van der Waals surface area contributed by atoms with Gasteiger partial charge >= 0.3 is 0 Å². The fourth-order valence-electron chi connectivity index (χ4n) is 3.16. The highest BCUT2D eigenvalue weighted by atomic mass is 16.5. The highest BCUT2D eigenvalue weighted by Crippen LogP contribution is 2.23. The van der Waals surface area contributed by atoms with Crippen molar-refractivity contribution in [1.82, 2.24) is 10.1 Å². The molecule has 0 bridgehead atoms. The maximum atomic E-state index is 12.9. The Morgan fingerprint density at radius 2 is 1.93 bits per heavy atom. The maximum Gasteiger partial charge on any atom is 0.254 e. The van der Waals surface area contributed by atoms with Crippen molar-refractivity contribution in [1.29, 1.82) is 0 Å². The predicted octanol–water partition coefficient (Wildman–Crippen LogP) is 4.46. The van der Waals surface area contributed by atoms with Gasteiger partial charge in [-0.05, 0) is 45.0 Å². The van der Waals surface area contributed by atoms with Crippen LogP contribution in [0.1, 0.15) is 38.5 Å². The Morgan fingerprint density at radius 3 is 2.62 bits per heavy atom. The minimum atomic E-state index is -0.0867. The van der Waals surface area contributed by atoms with Gasteiger partial charge in [0.25, 0.3) is 5.91 Å². The summed E-state index contributed by atoms with van der Waals surface area (Å²) in [6, 6.07) is 13.1. The molecule has 3 rings (SSSR count). The summed E-state index contributed by atoms with van der Waals surface area (Å²) in [6.07, 6.45) is 0. The third-order valence-electron chi connectivity index (χ3n) is 4.84. The highest BCUT2D eigenvalue weighted by molar-refractivity contribution is 5.94. The van der Waals surface area contributed by atoms with E-state index < -0.39 is 0 Å². The number of rotatable bonds is 7. The molecular weight excluding hydrogens is 368 g/mol. The standard InChI is InChI=1S/C23H26N2O4/c1-15-9-10-22(27-5)19(11-15)13-25(4)23(26)18-7-6-8-20(12-18)28-14-21-16(2)24-29-17(21)3/h6-12H,13-14H2,1-5H3. The molecule has 1 amide bonds. The first-order valence-electron chi connectivity index (χ1n) is 9.42. The van der Waals surface area contributed by atoms with E-state index in [1.807, 2.05) is 51.1 Å². The zero-order chi connectivity index (χ0) is 21.0. The van der Waals surface area contributed by atoms with Crippen molar-refractivity contribution in [2.24, 2.45) is 0 Å². The topological polar surface area (TPSA) is 64.8 Å². The predicted molar refractivity (Wildman–Crippen MR) is 110 cm³/mol. The fourth-order valence-corrected chi connectivity index (χ4v) is 3.16. The van der Waals surface area contributed by atoms with E-state index in [1.54, 1.807) is 31.2 Å². The Bertz CT molecular complexity index is 990. The number of benzene rings is 2. The van der Waals surface area contributed by atoms with Crippen LogP contribution in [0.4, 0.5) is 0 Å². The summed E-state index contributed by atoms with van der Waals surface area (Å²) in [5.74, 6) is 2.04. The lowest BCUT2D eigenvalue weighted by Gasteiger charge is -2.19. The fraction of sp³-hybridized carbons (Fsp3) is 0.304. The Balaban J connectivity index is 1.71. The zero-order valence-electron chi connectivity index (χ0n) is 17.5. The first kappa shape index (κ1) is 20.5. The van der Waals surface area contributed by atoms with Gasteiger partial charge in [0.1, 0.15) is 23.9 Å². The molecule has 0 unspecified atom stereocenters. The molecule has 0 fully saturated rings. The average molecular weight is 394 g/mol. The SMILES string of the molecule is COc1ccc(C)cc1CN(C)C(=O)c1cccc(OCc2c(C)noc2C)c1. The Labute approximate surface area is 171 Å². The maximum absolute atomic E-state index is 12.9. The molecule has 0 atom stereocenters. The third kappa shape index (κ3) is 4.77. The molecule has 1 aromatic heterocycles. The molecule has 3 aromatic rings. The molecule has 0 N–H and O–H groups in total. The molecule has 0 saturated carbocycles. The second-order valence-electron chi connectivity index (χ2n) is 7.10. The lowest BCUT2D eigenvalue weighted by atomic mass is 10.1. The van der Waals surface area contributed by atoms with Crippen LogP contribution < -0.4 is 9.47 Å². The van der Waals surface area contributed by atoms with Gasteiger partial charge in [-0.3, -0.25) is 4.79 Å². The molecule has 0 aliphatic heterocycles. The molecule has 0 aliphatic rings. The molecule has 0 radical (unpaired) electrons. The van der Waals surface area contributed by atoms with Crippen LogP contribution in [0.2, 0.25) is 0 Å². The van der Waals surface area contributed by atoms with E-state index in [2.05, 4.69) is 5.16 Å². The van der Waals surface area contributed by atoms with Gasteiger partial charge in [-0.15, -0.1) is 0 Å². The van der Waals surface area contributed by atoms with Gasteiger partial charge in [0.05, 0.1) is 18.4 Å². The van der Waals surface area contributed by atoms with Crippen molar-refractivity contribution < 1.29 is 18.8 Å². The van der Waals surface area contributed by atoms with Gasteiger partial charge in [0.15, 0.2) is 0 Å². The van der Waals surface area contributed by atoms with Crippen LogP contribution in [-0.2, 0) is 13.2 Å².